The highest BCUT2D eigenvalue weighted by molar-refractivity contribution is 7.18. The van der Waals surface area contributed by atoms with Crippen molar-refractivity contribution in [3.63, 3.8) is 0 Å². The summed E-state index contributed by atoms with van der Waals surface area (Å²) >= 11 is 3.34. The topological polar surface area (TPSA) is 45.8 Å². The largest absolute Gasteiger partial charge is 0.306 e. The Bertz CT molecular complexity index is 856. The van der Waals surface area contributed by atoms with Crippen molar-refractivity contribution in [3.05, 3.63) is 49.0 Å². The molecule has 0 atom stereocenters. The fraction of sp³-hybridized carbons (Fsp3) is 0.200. The maximum Gasteiger partial charge on any atom is 0.260 e. The molecule has 0 bridgehead atoms. The molecule has 0 fully saturated rings. The van der Waals surface area contributed by atoms with Gasteiger partial charge in [0.15, 0.2) is 0 Å². The van der Waals surface area contributed by atoms with Gasteiger partial charge in [0.1, 0.15) is 10.7 Å². The molecule has 20 heavy (non-hydrogen) atoms. The Kier molecular flexibility index (Phi) is 2.82. The van der Waals surface area contributed by atoms with E-state index in [2.05, 4.69) is 9.97 Å². The first kappa shape index (κ1) is 12.1. The van der Waals surface area contributed by atoms with Gasteiger partial charge in [-0.25, -0.2) is 4.98 Å². The van der Waals surface area contributed by atoms with E-state index in [1.165, 1.54) is 10.4 Å². The van der Waals surface area contributed by atoms with Crippen LogP contribution >= 0.6 is 22.7 Å². The highest BCUT2D eigenvalue weighted by Gasteiger charge is 2.20. The van der Waals surface area contributed by atoms with E-state index in [1.807, 2.05) is 29.7 Å². The number of rotatable bonds is 2. The molecule has 1 aliphatic carbocycles. The van der Waals surface area contributed by atoms with Crippen LogP contribution in [-0.4, -0.2) is 9.97 Å². The van der Waals surface area contributed by atoms with Crippen molar-refractivity contribution in [2.45, 2.75) is 19.3 Å². The summed E-state index contributed by atoms with van der Waals surface area (Å²) in [7, 11) is 0. The molecule has 0 saturated carbocycles. The number of nitrogens with zero attached hydrogens (tertiary/aromatic N) is 1. The van der Waals surface area contributed by atoms with Crippen LogP contribution in [0, 0.1) is 0 Å². The average Bonchev–Trinajstić information content (AvgIpc) is 3.12. The highest BCUT2D eigenvalue weighted by atomic mass is 32.1. The lowest BCUT2D eigenvalue weighted by atomic mass is 10.2. The number of aromatic nitrogens is 2. The van der Waals surface area contributed by atoms with Gasteiger partial charge < -0.3 is 4.98 Å². The lowest BCUT2D eigenvalue weighted by Gasteiger charge is -1.96. The molecule has 0 spiro atoms. The molecule has 100 valence electrons. The van der Waals surface area contributed by atoms with Crippen LogP contribution in [0.2, 0.25) is 0 Å². The molecule has 0 radical (unpaired) electrons. The van der Waals surface area contributed by atoms with Gasteiger partial charge in [-0.2, -0.15) is 0 Å². The lowest BCUT2D eigenvalue weighted by molar-refractivity contribution is 0.916. The number of thiophene rings is 2. The zero-order chi connectivity index (χ0) is 13.5. The molecular formula is C15H12N2OS2. The van der Waals surface area contributed by atoms with Crippen LogP contribution in [0.4, 0.5) is 0 Å². The zero-order valence-electron chi connectivity index (χ0n) is 10.7. The van der Waals surface area contributed by atoms with E-state index in [0.29, 0.717) is 5.82 Å². The van der Waals surface area contributed by atoms with Crippen LogP contribution in [-0.2, 0) is 12.8 Å². The van der Waals surface area contributed by atoms with Gasteiger partial charge >= 0.3 is 0 Å². The van der Waals surface area contributed by atoms with Crippen molar-refractivity contribution < 1.29 is 0 Å². The summed E-state index contributed by atoms with van der Waals surface area (Å²) in [6, 6.07) is 4.05. The Balaban J connectivity index is 1.81. The van der Waals surface area contributed by atoms with Crippen LogP contribution in [0.1, 0.15) is 27.6 Å². The average molecular weight is 300 g/mol. The summed E-state index contributed by atoms with van der Waals surface area (Å²) in [5.41, 5.74) is 1.23. The first-order chi connectivity index (χ1) is 9.81. The molecule has 0 aliphatic heterocycles. The van der Waals surface area contributed by atoms with Crippen LogP contribution < -0.4 is 5.56 Å². The minimum Gasteiger partial charge on any atom is -0.306 e. The highest BCUT2D eigenvalue weighted by Crippen LogP contribution is 2.34. The number of fused-ring (bicyclic) bond motifs is 3. The Labute approximate surface area is 123 Å². The summed E-state index contributed by atoms with van der Waals surface area (Å²) in [6.07, 6.45) is 7.13. The molecule has 4 rings (SSSR count). The normalized spacial score (nSPS) is 14.4. The summed E-state index contributed by atoms with van der Waals surface area (Å²) in [6.45, 7) is 0. The van der Waals surface area contributed by atoms with Gasteiger partial charge in [-0.15, -0.1) is 22.7 Å². The van der Waals surface area contributed by atoms with Gasteiger partial charge in [0.25, 0.3) is 5.56 Å². The quantitative estimate of drug-likeness (QED) is 0.784. The van der Waals surface area contributed by atoms with Crippen molar-refractivity contribution in [2.75, 3.05) is 0 Å². The van der Waals surface area contributed by atoms with Crippen LogP contribution in [0.25, 0.3) is 22.4 Å². The van der Waals surface area contributed by atoms with E-state index in [1.54, 1.807) is 22.7 Å². The van der Waals surface area contributed by atoms with Crippen molar-refractivity contribution in [3.8, 4) is 0 Å². The van der Waals surface area contributed by atoms with Gasteiger partial charge in [-0.3, -0.25) is 4.79 Å². The second-order valence-corrected chi connectivity index (χ2v) is 6.90. The monoisotopic (exact) mass is 300 g/mol. The van der Waals surface area contributed by atoms with Gasteiger partial charge in [-0.05, 0) is 48.4 Å². The fourth-order valence-corrected chi connectivity index (χ4v) is 4.53. The second kappa shape index (κ2) is 4.68. The fourth-order valence-electron chi connectivity index (χ4n) is 2.65. The van der Waals surface area contributed by atoms with Gasteiger partial charge in [0.2, 0.25) is 0 Å². The first-order valence-electron chi connectivity index (χ1n) is 6.57. The number of H-pyrrole nitrogens is 1. The van der Waals surface area contributed by atoms with E-state index in [0.717, 1.165) is 34.4 Å². The van der Waals surface area contributed by atoms with Crippen molar-refractivity contribution >= 4 is 45.0 Å². The molecule has 3 heterocycles. The molecule has 0 saturated heterocycles. The molecule has 3 nitrogen and oxygen atoms in total. The molecule has 1 N–H and O–H groups in total. The minimum atomic E-state index is 0.000213. The number of aromatic amines is 1. The van der Waals surface area contributed by atoms with Gasteiger partial charge in [0.05, 0.1) is 5.39 Å². The molecule has 0 amide bonds. The van der Waals surface area contributed by atoms with Crippen LogP contribution in [0.5, 0.6) is 0 Å². The molecule has 1 aliphatic rings. The molecule has 3 aromatic rings. The van der Waals surface area contributed by atoms with Crippen LogP contribution in [0.15, 0.2) is 22.3 Å². The number of nitrogens with one attached hydrogen (secondary N) is 1. The smallest absolute Gasteiger partial charge is 0.260 e. The maximum absolute atomic E-state index is 12.3. The summed E-state index contributed by atoms with van der Waals surface area (Å²) in [4.78, 5) is 23.1. The number of hydrogen-bond acceptors (Lipinski definition) is 4. The molecule has 0 aromatic carbocycles. The SMILES string of the molecule is O=c1[nH]c(/C=C/c2cccs2)nc2sc3c(c12)CCC3. The third kappa shape index (κ3) is 1.94. The van der Waals surface area contributed by atoms with E-state index in [9.17, 15) is 4.79 Å². The second-order valence-electron chi connectivity index (χ2n) is 4.84. The summed E-state index contributed by atoms with van der Waals surface area (Å²) in [5, 5.41) is 2.85. The Morgan fingerprint density at radius 3 is 3.10 bits per heavy atom. The maximum atomic E-state index is 12.3. The van der Waals surface area contributed by atoms with Gasteiger partial charge in [0, 0.05) is 9.75 Å². The van der Waals surface area contributed by atoms with Gasteiger partial charge in [-0.1, -0.05) is 6.07 Å². The van der Waals surface area contributed by atoms with Crippen molar-refractivity contribution in [1.29, 1.82) is 0 Å². The number of hydrogen-bond donors (Lipinski definition) is 1. The standard InChI is InChI=1S/C15H12N2OS2/c18-14-13-10-4-1-5-11(10)20-15(13)17-12(16-14)7-6-9-3-2-8-19-9/h2-3,6-8H,1,4-5H2,(H,16,17,18)/b7-6+. The number of aryl methyl sites for hydroxylation is 2. The zero-order valence-corrected chi connectivity index (χ0v) is 12.3. The first-order valence-corrected chi connectivity index (χ1v) is 8.27. The predicted octanol–water partition coefficient (Wildman–Crippen LogP) is 3.71. The molecule has 0 unspecified atom stereocenters. The van der Waals surface area contributed by atoms with E-state index < -0.39 is 0 Å². The third-order valence-corrected chi connectivity index (χ3v) is 5.57. The summed E-state index contributed by atoms with van der Waals surface area (Å²) in [5.74, 6) is 0.635. The minimum absolute atomic E-state index is 0.000213. The summed E-state index contributed by atoms with van der Waals surface area (Å²) < 4.78 is 0. The van der Waals surface area contributed by atoms with Crippen molar-refractivity contribution in [1.82, 2.24) is 9.97 Å². The van der Waals surface area contributed by atoms with Crippen LogP contribution in [0.3, 0.4) is 0 Å². The predicted molar refractivity (Wildman–Crippen MR) is 85.5 cm³/mol. The Hall–Kier alpha value is -1.72. The molecule has 3 aromatic heterocycles. The van der Waals surface area contributed by atoms with E-state index in [4.69, 9.17) is 0 Å². The molecular weight excluding hydrogens is 288 g/mol. The third-order valence-electron chi connectivity index (χ3n) is 3.54. The lowest BCUT2D eigenvalue weighted by Crippen LogP contribution is -2.09. The Morgan fingerprint density at radius 1 is 1.30 bits per heavy atom. The van der Waals surface area contributed by atoms with Crippen molar-refractivity contribution in [2.24, 2.45) is 0 Å². The Morgan fingerprint density at radius 2 is 2.25 bits per heavy atom. The molecule has 5 heteroatoms. The van der Waals surface area contributed by atoms with E-state index in [-0.39, 0.29) is 5.56 Å². The van der Waals surface area contributed by atoms with E-state index >= 15 is 0 Å².